The number of pyridine rings is 1. The molecule has 0 unspecified atom stereocenters. The van der Waals surface area contributed by atoms with Crippen LogP contribution in [0, 0.1) is 5.92 Å². The molecule has 7 nitrogen and oxygen atoms in total. The van der Waals surface area contributed by atoms with Gasteiger partial charge in [-0.1, -0.05) is 12.1 Å². The quantitative estimate of drug-likeness (QED) is 0.458. The third-order valence-electron chi connectivity index (χ3n) is 6.02. The summed E-state index contributed by atoms with van der Waals surface area (Å²) in [4.78, 5) is 31.3. The van der Waals surface area contributed by atoms with Gasteiger partial charge in [0.2, 0.25) is 0 Å². The molecule has 33 heavy (non-hydrogen) atoms. The molecule has 0 amide bonds. The summed E-state index contributed by atoms with van der Waals surface area (Å²) in [6.45, 7) is 1.92. The van der Waals surface area contributed by atoms with Gasteiger partial charge in [0.25, 0.3) is 12.0 Å². The van der Waals surface area contributed by atoms with Crippen molar-refractivity contribution in [1.29, 1.82) is 0 Å². The highest BCUT2D eigenvalue weighted by Gasteiger charge is 2.24. The van der Waals surface area contributed by atoms with Crippen molar-refractivity contribution in [2.75, 3.05) is 18.0 Å². The summed E-state index contributed by atoms with van der Waals surface area (Å²) in [7, 11) is 0. The van der Waals surface area contributed by atoms with Crippen molar-refractivity contribution in [2.45, 2.75) is 25.8 Å². The Morgan fingerprint density at radius 3 is 2.52 bits per heavy atom. The number of nitrogens with zero attached hydrogens (tertiary/aromatic N) is 6. The van der Waals surface area contributed by atoms with E-state index in [4.69, 9.17) is 0 Å². The largest absolute Gasteiger partial charge is 0.356 e. The summed E-state index contributed by atoms with van der Waals surface area (Å²) in [5.41, 5.74) is 1.90. The highest BCUT2D eigenvalue weighted by atomic mass is 19.3. The number of aromatic nitrogens is 5. The first-order valence-electron chi connectivity index (χ1n) is 10.8. The van der Waals surface area contributed by atoms with E-state index in [9.17, 15) is 13.6 Å². The zero-order valence-electron chi connectivity index (χ0n) is 17.8. The summed E-state index contributed by atoms with van der Waals surface area (Å²) >= 11 is 0. The van der Waals surface area contributed by atoms with Gasteiger partial charge in [-0.15, -0.1) is 0 Å². The summed E-state index contributed by atoms with van der Waals surface area (Å²) in [6.07, 6.45) is 3.85. The summed E-state index contributed by atoms with van der Waals surface area (Å²) in [5, 5.41) is 0.771. The average molecular weight is 448 g/mol. The van der Waals surface area contributed by atoms with Gasteiger partial charge >= 0.3 is 0 Å². The highest BCUT2D eigenvalue weighted by molar-refractivity contribution is 5.89. The number of rotatable bonds is 5. The predicted molar refractivity (Wildman–Crippen MR) is 121 cm³/mol. The fourth-order valence-electron chi connectivity index (χ4n) is 4.27. The summed E-state index contributed by atoms with van der Waals surface area (Å²) < 4.78 is 28.3. The van der Waals surface area contributed by atoms with Crippen molar-refractivity contribution in [3.63, 3.8) is 0 Å². The SMILES string of the molecule is O=c1cc(-c2ccncc2)ncn1CC1CCN(c2nc(C(F)F)nc3ccccc23)CC1. The van der Waals surface area contributed by atoms with Gasteiger partial charge in [0.15, 0.2) is 5.82 Å². The Labute approximate surface area is 188 Å². The molecule has 0 spiro atoms. The van der Waals surface area contributed by atoms with Gasteiger partial charge in [0.05, 0.1) is 17.5 Å². The number of benzene rings is 1. The van der Waals surface area contributed by atoms with Crippen LogP contribution in [-0.2, 0) is 6.54 Å². The molecule has 9 heteroatoms. The van der Waals surface area contributed by atoms with Gasteiger partial charge < -0.3 is 4.90 Å². The van der Waals surface area contributed by atoms with Crippen LogP contribution in [0.15, 0.2) is 66.0 Å². The number of hydrogen-bond donors (Lipinski definition) is 0. The third kappa shape index (κ3) is 4.44. The minimum Gasteiger partial charge on any atom is -0.356 e. The first-order valence-corrected chi connectivity index (χ1v) is 10.8. The van der Waals surface area contributed by atoms with E-state index >= 15 is 0 Å². The minimum atomic E-state index is -2.72. The summed E-state index contributed by atoms with van der Waals surface area (Å²) in [6, 6.07) is 12.4. The van der Waals surface area contributed by atoms with E-state index in [1.165, 1.54) is 0 Å². The standard InChI is InChI=1S/C24H22F2N6O/c25-22(26)23-29-19-4-2-1-3-18(19)24(30-23)31-11-7-16(8-12-31)14-32-15-28-20(13-21(32)33)17-5-9-27-10-6-17/h1-6,9-10,13,15-16,22H,7-8,11-12,14H2. The van der Waals surface area contributed by atoms with Gasteiger partial charge in [-0.2, -0.15) is 0 Å². The van der Waals surface area contributed by atoms with E-state index in [1.54, 1.807) is 41.5 Å². The lowest BCUT2D eigenvalue weighted by Gasteiger charge is -2.33. The second-order valence-electron chi connectivity index (χ2n) is 8.15. The molecule has 1 fully saturated rings. The van der Waals surface area contributed by atoms with Crippen LogP contribution in [0.2, 0.25) is 0 Å². The fourth-order valence-corrected chi connectivity index (χ4v) is 4.27. The van der Waals surface area contributed by atoms with E-state index in [2.05, 4.69) is 19.9 Å². The van der Waals surface area contributed by atoms with Crippen LogP contribution in [-0.4, -0.2) is 37.6 Å². The Hall–Kier alpha value is -3.75. The lowest BCUT2D eigenvalue weighted by molar-refractivity contribution is 0.141. The topological polar surface area (TPSA) is 76.8 Å². The molecule has 3 aromatic heterocycles. The Bertz CT molecular complexity index is 1320. The van der Waals surface area contributed by atoms with Crippen LogP contribution < -0.4 is 10.5 Å². The molecule has 1 saturated heterocycles. The Morgan fingerprint density at radius 1 is 1.03 bits per heavy atom. The predicted octanol–water partition coefficient (Wildman–Crippen LogP) is 4.10. The van der Waals surface area contributed by atoms with Crippen molar-refractivity contribution in [2.24, 2.45) is 5.92 Å². The van der Waals surface area contributed by atoms with Crippen LogP contribution in [0.1, 0.15) is 25.1 Å². The van der Waals surface area contributed by atoms with E-state index in [0.29, 0.717) is 36.7 Å². The molecule has 0 atom stereocenters. The first-order chi connectivity index (χ1) is 16.1. The molecule has 0 saturated carbocycles. The van der Waals surface area contributed by atoms with Gasteiger partial charge in [0, 0.05) is 49.0 Å². The molecule has 4 heterocycles. The van der Waals surface area contributed by atoms with Crippen LogP contribution in [0.3, 0.4) is 0 Å². The summed E-state index contributed by atoms with van der Waals surface area (Å²) in [5.74, 6) is 0.392. The number of halogens is 2. The van der Waals surface area contributed by atoms with Crippen molar-refractivity contribution >= 4 is 16.7 Å². The van der Waals surface area contributed by atoms with Crippen molar-refractivity contribution in [1.82, 2.24) is 24.5 Å². The maximum atomic E-state index is 13.3. The lowest BCUT2D eigenvalue weighted by Crippen LogP contribution is -2.37. The Balaban J connectivity index is 1.30. The van der Waals surface area contributed by atoms with E-state index in [0.717, 1.165) is 23.8 Å². The number of piperidine rings is 1. The third-order valence-corrected chi connectivity index (χ3v) is 6.02. The average Bonchev–Trinajstić information content (AvgIpc) is 2.85. The lowest BCUT2D eigenvalue weighted by atomic mass is 9.96. The second kappa shape index (κ2) is 9.01. The first kappa shape index (κ1) is 21.1. The smallest absolute Gasteiger partial charge is 0.297 e. The Morgan fingerprint density at radius 2 is 1.79 bits per heavy atom. The molecule has 1 aromatic carbocycles. The normalized spacial score (nSPS) is 14.8. The molecule has 4 aromatic rings. The van der Waals surface area contributed by atoms with E-state index in [-0.39, 0.29) is 11.5 Å². The van der Waals surface area contributed by atoms with Crippen molar-refractivity contribution in [3.8, 4) is 11.3 Å². The van der Waals surface area contributed by atoms with Gasteiger partial charge in [-0.3, -0.25) is 14.3 Å². The van der Waals surface area contributed by atoms with E-state index in [1.807, 2.05) is 29.2 Å². The maximum Gasteiger partial charge on any atom is 0.297 e. The number of anilines is 1. The zero-order valence-corrected chi connectivity index (χ0v) is 17.8. The maximum absolute atomic E-state index is 13.3. The van der Waals surface area contributed by atoms with Crippen molar-refractivity contribution in [3.05, 3.63) is 77.4 Å². The number of para-hydroxylation sites is 1. The molecule has 0 N–H and O–H groups in total. The molecule has 0 radical (unpaired) electrons. The second-order valence-corrected chi connectivity index (χ2v) is 8.15. The number of alkyl halides is 2. The molecule has 5 rings (SSSR count). The fraction of sp³-hybridized carbons (Fsp3) is 0.292. The van der Waals surface area contributed by atoms with Crippen LogP contribution in [0.4, 0.5) is 14.6 Å². The zero-order chi connectivity index (χ0) is 22.8. The number of fused-ring (bicyclic) bond motifs is 1. The minimum absolute atomic E-state index is 0.0948. The number of hydrogen-bond acceptors (Lipinski definition) is 6. The van der Waals surface area contributed by atoms with Gasteiger partial charge in [-0.05, 0) is 43.0 Å². The van der Waals surface area contributed by atoms with E-state index < -0.39 is 12.2 Å². The molecule has 168 valence electrons. The van der Waals surface area contributed by atoms with Gasteiger partial charge in [-0.25, -0.2) is 23.7 Å². The highest BCUT2D eigenvalue weighted by Crippen LogP contribution is 2.30. The van der Waals surface area contributed by atoms with Gasteiger partial charge in [0.1, 0.15) is 5.82 Å². The van der Waals surface area contributed by atoms with Crippen LogP contribution in [0.25, 0.3) is 22.2 Å². The molecule has 1 aliphatic rings. The molecular formula is C24H22F2N6O. The van der Waals surface area contributed by atoms with Crippen LogP contribution >= 0.6 is 0 Å². The molecule has 0 aliphatic carbocycles. The molecule has 0 bridgehead atoms. The molecular weight excluding hydrogens is 426 g/mol. The monoisotopic (exact) mass is 448 g/mol. The molecule has 1 aliphatic heterocycles. The Kier molecular flexibility index (Phi) is 5.77. The van der Waals surface area contributed by atoms with Crippen LogP contribution in [0.5, 0.6) is 0 Å². The van der Waals surface area contributed by atoms with Crippen molar-refractivity contribution < 1.29 is 8.78 Å².